The first kappa shape index (κ1) is 22.7. The van der Waals surface area contributed by atoms with Gasteiger partial charge in [-0.3, -0.25) is 0 Å². The van der Waals surface area contributed by atoms with Gasteiger partial charge in [0.05, 0.1) is 11.9 Å². The monoisotopic (exact) mass is 474 g/mol. The van der Waals surface area contributed by atoms with E-state index in [4.69, 9.17) is 16.3 Å². The first-order valence-electron chi connectivity index (χ1n) is 11.6. The summed E-state index contributed by atoms with van der Waals surface area (Å²) in [4.78, 5) is 6.82. The summed E-state index contributed by atoms with van der Waals surface area (Å²) in [7, 11) is 0. The third-order valence-electron chi connectivity index (χ3n) is 6.70. The Morgan fingerprint density at radius 3 is 2.62 bits per heavy atom. The van der Waals surface area contributed by atoms with E-state index in [9.17, 15) is 10.2 Å². The molecule has 0 amide bonds. The molecule has 34 heavy (non-hydrogen) atoms. The SMILES string of the molecule is OC=c1cccc2c1=CC(=CCCN1CCC(O)(c3ccc(Cl)cc3)CC1)c1cccnc1O2. The van der Waals surface area contributed by atoms with Crippen LogP contribution in [0.15, 0.2) is 66.9 Å². The molecule has 0 atom stereocenters. The summed E-state index contributed by atoms with van der Waals surface area (Å²) < 4.78 is 6.08. The molecule has 3 heterocycles. The fraction of sp³-hybridized carbons (Fsp3) is 0.250. The highest BCUT2D eigenvalue weighted by Gasteiger charge is 2.33. The maximum absolute atomic E-state index is 11.1. The van der Waals surface area contributed by atoms with Crippen molar-refractivity contribution in [2.24, 2.45) is 0 Å². The third-order valence-corrected chi connectivity index (χ3v) is 6.95. The molecule has 5 nitrogen and oxygen atoms in total. The second kappa shape index (κ2) is 9.63. The van der Waals surface area contributed by atoms with Gasteiger partial charge in [0, 0.05) is 46.9 Å². The number of ether oxygens (including phenoxy) is 1. The van der Waals surface area contributed by atoms with E-state index in [-0.39, 0.29) is 0 Å². The van der Waals surface area contributed by atoms with Gasteiger partial charge >= 0.3 is 0 Å². The van der Waals surface area contributed by atoms with E-state index in [1.165, 1.54) is 0 Å². The molecule has 2 aromatic carbocycles. The summed E-state index contributed by atoms with van der Waals surface area (Å²) in [6, 6.07) is 17.0. The number of hydrogen-bond donors (Lipinski definition) is 2. The van der Waals surface area contributed by atoms with Crippen LogP contribution in [0.3, 0.4) is 0 Å². The lowest BCUT2D eigenvalue weighted by Gasteiger charge is -2.38. The van der Waals surface area contributed by atoms with E-state index in [2.05, 4.69) is 22.0 Å². The summed E-state index contributed by atoms with van der Waals surface area (Å²) in [5, 5.41) is 23.1. The topological polar surface area (TPSA) is 65.8 Å². The predicted molar refractivity (Wildman–Crippen MR) is 135 cm³/mol. The average molecular weight is 475 g/mol. The maximum atomic E-state index is 11.1. The number of fused-ring (bicyclic) bond motifs is 2. The highest BCUT2D eigenvalue weighted by molar-refractivity contribution is 6.30. The second-order valence-corrected chi connectivity index (χ2v) is 9.26. The van der Waals surface area contributed by atoms with E-state index in [1.54, 1.807) is 6.20 Å². The lowest BCUT2D eigenvalue weighted by molar-refractivity contribution is -0.0254. The Bertz CT molecular complexity index is 1330. The number of aliphatic hydroxyl groups excluding tert-OH is 1. The van der Waals surface area contributed by atoms with Crippen LogP contribution in [0.5, 0.6) is 11.6 Å². The molecule has 0 bridgehead atoms. The number of aliphatic hydroxyl groups is 2. The molecule has 2 aliphatic rings. The molecule has 2 aliphatic heterocycles. The minimum Gasteiger partial charge on any atom is -0.515 e. The van der Waals surface area contributed by atoms with Crippen LogP contribution in [0, 0.1) is 0 Å². The number of rotatable bonds is 4. The van der Waals surface area contributed by atoms with Gasteiger partial charge in [-0.1, -0.05) is 41.9 Å². The molecule has 0 spiro atoms. The van der Waals surface area contributed by atoms with Crippen molar-refractivity contribution in [3.05, 3.63) is 93.5 Å². The summed E-state index contributed by atoms with van der Waals surface area (Å²) >= 11 is 6.00. The Hall–Kier alpha value is -3.12. The Kier molecular flexibility index (Phi) is 6.42. The molecule has 2 N–H and O–H groups in total. The van der Waals surface area contributed by atoms with Gasteiger partial charge in [-0.25, -0.2) is 4.98 Å². The minimum absolute atomic E-state index is 0.560. The van der Waals surface area contributed by atoms with Gasteiger partial charge in [-0.2, -0.15) is 0 Å². The number of hydrogen-bond acceptors (Lipinski definition) is 5. The number of aromatic nitrogens is 1. The van der Waals surface area contributed by atoms with E-state index < -0.39 is 5.60 Å². The first-order chi connectivity index (χ1) is 16.6. The van der Waals surface area contributed by atoms with Crippen LogP contribution >= 0.6 is 11.6 Å². The lowest BCUT2D eigenvalue weighted by Crippen LogP contribution is -2.42. The van der Waals surface area contributed by atoms with Crippen molar-refractivity contribution in [3.8, 4) is 11.6 Å². The molecular formula is C28H27ClN2O3. The highest BCUT2D eigenvalue weighted by Crippen LogP contribution is 2.34. The third kappa shape index (κ3) is 4.60. The number of allylic oxidation sites excluding steroid dienone is 1. The van der Waals surface area contributed by atoms with Crippen LogP contribution in [0.2, 0.25) is 5.02 Å². The standard InChI is InChI=1S/C28H27ClN2O3/c29-23-10-8-22(9-11-23)28(33)12-16-31(17-13-28)15-3-5-20-18-25-21(19-32)4-1-7-26(25)34-27-24(20)6-2-14-30-27/h1-2,4-11,14,18-19,32-33H,3,12-13,15-17H2. The van der Waals surface area contributed by atoms with Crippen LogP contribution < -0.4 is 15.2 Å². The molecule has 6 heteroatoms. The molecule has 1 saturated heterocycles. The van der Waals surface area contributed by atoms with Crippen LogP contribution in [0.4, 0.5) is 0 Å². The van der Waals surface area contributed by atoms with E-state index >= 15 is 0 Å². The van der Waals surface area contributed by atoms with Gasteiger partial charge < -0.3 is 19.8 Å². The maximum Gasteiger partial charge on any atom is 0.227 e. The summed E-state index contributed by atoms with van der Waals surface area (Å²) in [5.41, 5.74) is 2.09. The predicted octanol–water partition coefficient (Wildman–Crippen LogP) is 4.37. The zero-order valence-corrected chi connectivity index (χ0v) is 19.6. The van der Waals surface area contributed by atoms with E-state index in [0.29, 0.717) is 34.7 Å². The smallest absolute Gasteiger partial charge is 0.227 e. The van der Waals surface area contributed by atoms with Crippen molar-refractivity contribution >= 4 is 29.5 Å². The Balaban J connectivity index is 1.33. The molecular weight excluding hydrogens is 448 g/mol. The number of nitrogens with zero attached hydrogens (tertiary/aromatic N) is 2. The van der Waals surface area contributed by atoms with Crippen molar-refractivity contribution in [2.45, 2.75) is 24.9 Å². The molecule has 0 radical (unpaired) electrons. The van der Waals surface area contributed by atoms with Crippen molar-refractivity contribution in [3.63, 3.8) is 0 Å². The molecule has 0 unspecified atom stereocenters. The van der Waals surface area contributed by atoms with Crippen LogP contribution in [0.1, 0.15) is 30.4 Å². The fourth-order valence-corrected chi connectivity index (χ4v) is 4.84. The van der Waals surface area contributed by atoms with Crippen molar-refractivity contribution < 1.29 is 14.9 Å². The van der Waals surface area contributed by atoms with Crippen LogP contribution in [-0.2, 0) is 5.60 Å². The number of halogens is 1. The van der Waals surface area contributed by atoms with Gasteiger partial charge in [0.2, 0.25) is 5.88 Å². The minimum atomic E-state index is -0.794. The summed E-state index contributed by atoms with van der Waals surface area (Å²) in [5.74, 6) is 1.23. The zero-order valence-electron chi connectivity index (χ0n) is 18.8. The van der Waals surface area contributed by atoms with Crippen LogP contribution in [0.25, 0.3) is 17.9 Å². The van der Waals surface area contributed by atoms with Crippen LogP contribution in [-0.4, -0.2) is 39.7 Å². The summed E-state index contributed by atoms with van der Waals surface area (Å²) in [6.45, 7) is 2.56. The summed E-state index contributed by atoms with van der Waals surface area (Å²) in [6.07, 6.45) is 9.32. The molecule has 1 fully saturated rings. The number of piperidine rings is 1. The quantitative estimate of drug-likeness (QED) is 0.587. The second-order valence-electron chi connectivity index (χ2n) is 8.82. The number of benzene rings is 2. The Morgan fingerprint density at radius 1 is 1.06 bits per heavy atom. The molecule has 1 aromatic heterocycles. The molecule has 3 aromatic rings. The normalized spacial score (nSPS) is 19.0. The van der Waals surface area contributed by atoms with Gasteiger partial charge in [-0.05, 0) is 66.8 Å². The Morgan fingerprint density at radius 2 is 1.85 bits per heavy atom. The Labute approximate surface area is 203 Å². The van der Waals surface area contributed by atoms with Crippen molar-refractivity contribution in [1.82, 2.24) is 9.88 Å². The van der Waals surface area contributed by atoms with Gasteiger partial charge in [-0.15, -0.1) is 0 Å². The van der Waals surface area contributed by atoms with Gasteiger partial charge in [0.1, 0.15) is 5.75 Å². The lowest BCUT2D eigenvalue weighted by atomic mass is 9.84. The molecule has 0 aliphatic carbocycles. The molecule has 0 saturated carbocycles. The fourth-order valence-electron chi connectivity index (χ4n) is 4.71. The number of pyridine rings is 1. The first-order valence-corrected chi connectivity index (χ1v) is 11.9. The zero-order chi connectivity index (χ0) is 23.5. The molecule has 5 rings (SSSR count). The van der Waals surface area contributed by atoms with Crippen molar-refractivity contribution in [1.29, 1.82) is 0 Å². The highest BCUT2D eigenvalue weighted by atomic mass is 35.5. The van der Waals surface area contributed by atoms with E-state index in [1.807, 2.05) is 54.6 Å². The average Bonchev–Trinajstić information content (AvgIpc) is 3.02. The number of likely N-dealkylation sites (tertiary alicyclic amines) is 1. The van der Waals surface area contributed by atoms with Gasteiger partial charge in [0.15, 0.2) is 0 Å². The largest absolute Gasteiger partial charge is 0.515 e. The van der Waals surface area contributed by atoms with Gasteiger partial charge in [0.25, 0.3) is 0 Å². The van der Waals surface area contributed by atoms with Crippen molar-refractivity contribution in [2.75, 3.05) is 19.6 Å². The molecule has 174 valence electrons. The van der Waals surface area contributed by atoms with E-state index in [0.717, 1.165) is 54.2 Å².